The molecule has 2 aromatic carbocycles. The quantitative estimate of drug-likeness (QED) is 0.633. The second-order valence-electron chi connectivity index (χ2n) is 6.78. The Morgan fingerprint density at radius 2 is 1.89 bits per heavy atom. The molecule has 1 N–H and O–H groups in total. The number of aromatic carboxylic acids is 1. The molecule has 1 aliphatic rings. The fraction of sp³-hybridized carbons (Fsp3) is 0.250. The van der Waals surface area contributed by atoms with E-state index in [9.17, 15) is 18.3 Å². The number of hydrogen-bond donors (Lipinski definition) is 1. The molecule has 0 amide bonds. The summed E-state index contributed by atoms with van der Waals surface area (Å²) in [5, 5.41) is 11.0. The van der Waals surface area contributed by atoms with E-state index >= 15 is 0 Å². The second kappa shape index (κ2) is 7.48. The van der Waals surface area contributed by atoms with E-state index in [1.165, 1.54) is 27.8 Å². The number of nitrogens with zero attached hydrogens (tertiary/aromatic N) is 1. The average molecular weight is 436 g/mol. The normalized spacial score (nSPS) is 18.0. The van der Waals surface area contributed by atoms with Crippen molar-refractivity contribution in [2.24, 2.45) is 0 Å². The zero-order valence-corrected chi connectivity index (χ0v) is 17.2. The van der Waals surface area contributed by atoms with Gasteiger partial charge in [0.1, 0.15) is 4.88 Å². The third-order valence-corrected chi connectivity index (χ3v) is 8.49. The van der Waals surface area contributed by atoms with Crippen molar-refractivity contribution >= 4 is 49.0 Å². The molecule has 1 aromatic heterocycles. The van der Waals surface area contributed by atoms with Gasteiger partial charge in [-0.1, -0.05) is 29.8 Å². The second-order valence-corrected chi connectivity index (χ2v) is 10.2. The molecule has 1 aliphatic heterocycles. The number of carboxylic acids is 1. The Bertz CT molecular complexity index is 1140. The van der Waals surface area contributed by atoms with E-state index in [2.05, 4.69) is 0 Å². The van der Waals surface area contributed by atoms with E-state index in [1.807, 2.05) is 24.3 Å². The van der Waals surface area contributed by atoms with E-state index in [-0.39, 0.29) is 15.8 Å². The Hall–Kier alpha value is -1.93. The van der Waals surface area contributed by atoms with Crippen LogP contribution >= 0.6 is 22.9 Å². The monoisotopic (exact) mass is 435 g/mol. The van der Waals surface area contributed by atoms with Crippen LogP contribution in [0, 0.1) is 0 Å². The van der Waals surface area contributed by atoms with Gasteiger partial charge in [-0.2, -0.15) is 4.31 Å². The summed E-state index contributed by atoms with van der Waals surface area (Å²) >= 11 is 7.12. The number of hydrogen-bond acceptors (Lipinski definition) is 4. The van der Waals surface area contributed by atoms with Crippen molar-refractivity contribution in [2.75, 3.05) is 6.54 Å². The smallest absolute Gasteiger partial charge is 0.346 e. The highest BCUT2D eigenvalue weighted by molar-refractivity contribution is 7.89. The Labute approximate surface area is 172 Å². The van der Waals surface area contributed by atoms with Gasteiger partial charge >= 0.3 is 5.97 Å². The lowest BCUT2D eigenvalue weighted by atomic mass is 10.0. The molecule has 28 heavy (non-hydrogen) atoms. The van der Waals surface area contributed by atoms with Crippen molar-refractivity contribution in [3.8, 4) is 0 Å². The highest BCUT2D eigenvalue weighted by Crippen LogP contribution is 2.36. The van der Waals surface area contributed by atoms with E-state index in [0.29, 0.717) is 24.4 Å². The molecule has 5 nitrogen and oxygen atoms in total. The summed E-state index contributed by atoms with van der Waals surface area (Å²) in [4.78, 5) is 12.3. The van der Waals surface area contributed by atoms with Gasteiger partial charge in [-0.3, -0.25) is 0 Å². The summed E-state index contributed by atoms with van der Waals surface area (Å²) in [5.41, 5.74) is 0.719. The topological polar surface area (TPSA) is 74.7 Å². The number of halogens is 1. The van der Waals surface area contributed by atoms with Crippen molar-refractivity contribution < 1.29 is 18.3 Å². The third-order valence-electron chi connectivity index (χ3n) is 5.08. The molecule has 1 fully saturated rings. The molecule has 3 aromatic rings. The molecule has 0 spiro atoms. The molecule has 0 radical (unpaired) electrons. The number of sulfonamides is 1. The van der Waals surface area contributed by atoms with Crippen LogP contribution < -0.4 is 0 Å². The lowest BCUT2D eigenvalue weighted by Crippen LogP contribution is -2.37. The largest absolute Gasteiger partial charge is 0.477 e. The molecule has 1 atom stereocenters. The van der Waals surface area contributed by atoms with Crippen molar-refractivity contribution in [2.45, 2.75) is 30.2 Å². The van der Waals surface area contributed by atoms with Crippen LogP contribution in [-0.4, -0.2) is 36.4 Å². The summed E-state index contributed by atoms with van der Waals surface area (Å²) in [6.07, 6.45) is 1.84. The molecule has 2 heterocycles. The lowest BCUT2D eigenvalue weighted by Gasteiger charge is -2.24. The minimum absolute atomic E-state index is 0.206. The Balaban J connectivity index is 1.70. The number of rotatable bonds is 5. The number of carboxylic acid groups (broad SMARTS) is 1. The molecule has 8 heteroatoms. The summed E-state index contributed by atoms with van der Waals surface area (Å²) in [6.45, 7) is 0.431. The standard InChI is InChI=1S/C20H18ClNO4S2/c21-13-7-9-15(10-8-13)28(25,26)22-11-3-4-14(22)12-17-16-5-1-2-6-18(16)27-19(17)20(23)24/h1-2,5-10,14H,3-4,11-12H2,(H,23,24). The van der Waals surface area contributed by atoms with Crippen LogP contribution in [0.3, 0.4) is 0 Å². The molecule has 0 bridgehead atoms. The maximum atomic E-state index is 13.1. The first kappa shape index (κ1) is 19.4. The number of thiophene rings is 1. The SMILES string of the molecule is O=C(O)c1sc2ccccc2c1CC1CCCN1S(=O)(=O)c1ccc(Cl)cc1. The van der Waals surface area contributed by atoms with Gasteiger partial charge in [-0.05, 0) is 60.5 Å². The number of fused-ring (bicyclic) bond motifs is 1. The van der Waals surface area contributed by atoms with Gasteiger partial charge in [0.15, 0.2) is 0 Å². The molecule has 4 rings (SSSR count). The van der Waals surface area contributed by atoms with E-state index < -0.39 is 16.0 Å². The molecular formula is C20H18ClNO4S2. The van der Waals surface area contributed by atoms with Crippen LogP contribution in [0.15, 0.2) is 53.4 Å². The lowest BCUT2D eigenvalue weighted by molar-refractivity contribution is 0.0701. The highest BCUT2D eigenvalue weighted by atomic mass is 35.5. The van der Waals surface area contributed by atoms with Crippen LogP contribution in [0.2, 0.25) is 5.02 Å². The van der Waals surface area contributed by atoms with Gasteiger partial charge in [0.2, 0.25) is 10.0 Å². The van der Waals surface area contributed by atoms with Crippen LogP contribution in [0.1, 0.15) is 28.1 Å². The van der Waals surface area contributed by atoms with Crippen molar-refractivity contribution in [1.82, 2.24) is 4.31 Å². The summed E-state index contributed by atoms with van der Waals surface area (Å²) < 4.78 is 28.7. The van der Waals surface area contributed by atoms with E-state index in [0.717, 1.165) is 22.1 Å². The molecular weight excluding hydrogens is 418 g/mol. The molecule has 0 saturated carbocycles. The van der Waals surface area contributed by atoms with Gasteiger partial charge in [-0.25, -0.2) is 13.2 Å². The zero-order chi connectivity index (χ0) is 19.9. The average Bonchev–Trinajstić information content (AvgIpc) is 3.28. The van der Waals surface area contributed by atoms with Crippen molar-refractivity contribution in [1.29, 1.82) is 0 Å². The predicted molar refractivity (Wildman–Crippen MR) is 111 cm³/mol. The Kier molecular flexibility index (Phi) is 5.18. The van der Waals surface area contributed by atoms with E-state index in [4.69, 9.17) is 11.6 Å². The third kappa shape index (κ3) is 3.43. The minimum atomic E-state index is -3.66. The van der Waals surface area contributed by atoms with Crippen LogP contribution in [0.4, 0.5) is 0 Å². The summed E-state index contributed by atoms with van der Waals surface area (Å²) in [5.74, 6) is -0.971. The maximum absolute atomic E-state index is 13.1. The van der Waals surface area contributed by atoms with Crippen molar-refractivity contribution in [3.63, 3.8) is 0 Å². The maximum Gasteiger partial charge on any atom is 0.346 e. The summed E-state index contributed by atoms with van der Waals surface area (Å²) in [7, 11) is -3.66. The highest BCUT2D eigenvalue weighted by Gasteiger charge is 2.36. The Morgan fingerprint density at radius 3 is 2.61 bits per heavy atom. The summed E-state index contributed by atoms with van der Waals surface area (Å²) in [6, 6.07) is 13.4. The van der Waals surface area contributed by atoms with Crippen LogP contribution in [0.5, 0.6) is 0 Å². The predicted octanol–water partition coefficient (Wildman–Crippen LogP) is 4.65. The Morgan fingerprint density at radius 1 is 1.18 bits per heavy atom. The van der Waals surface area contributed by atoms with Crippen LogP contribution in [0.25, 0.3) is 10.1 Å². The van der Waals surface area contributed by atoms with Gasteiger partial charge < -0.3 is 5.11 Å². The number of carbonyl (C=O) groups is 1. The fourth-order valence-electron chi connectivity index (χ4n) is 3.78. The zero-order valence-electron chi connectivity index (χ0n) is 14.8. The molecule has 146 valence electrons. The van der Waals surface area contributed by atoms with Gasteiger partial charge in [0.05, 0.1) is 4.90 Å². The van der Waals surface area contributed by atoms with E-state index in [1.54, 1.807) is 12.1 Å². The van der Waals surface area contributed by atoms with Gasteiger partial charge in [0, 0.05) is 22.3 Å². The molecule has 1 unspecified atom stereocenters. The fourth-order valence-corrected chi connectivity index (χ4v) is 6.67. The first-order valence-electron chi connectivity index (χ1n) is 8.89. The van der Waals surface area contributed by atoms with Crippen molar-refractivity contribution in [3.05, 3.63) is 64.0 Å². The van der Waals surface area contributed by atoms with Crippen LogP contribution in [-0.2, 0) is 16.4 Å². The van der Waals surface area contributed by atoms with Gasteiger partial charge in [0.25, 0.3) is 0 Å². The number of benzene rings is 2. The minimum Gasteiger partial charge on any atom is -0.477 e. The molecule has 0 aliphatic carbocycles. The first-order valence-corrected chi connectivity index (χ1v) is 11.5. The molecule has 1 saturated heterocycles. The van der Waals surface area contributed by atoms with Gasteiger partial charge in [-0.15, -0.1) is 11.3 Å². The first-order chi connectivity index (χ1) is 13.4.